The fourth-order valence-electron chi connectivity index (χ4n) is 0.488. The molecule has 0 rings (SSSR count). The topological polar surface area (TPSA) is 35.5 Å². The molecule has 64 valence electrons. The van der Waals surface area contributed by atoms with Gasteiger partial charge in [-0.25, -0.2) is 0 Å². The first-order valence-electron chi connectivity index (χ1n) is 3.34. The summed E-state index contributed by atoms with van der Waals surface area (Å²) in [4.78, 5) is 10.5. The van der Waals surface area contributed by atoms with Crippen molar-refractivity contribution in [2.75, 3.05) is 14.2 Å². The molecule has 0 aromatic carbocycles. The Balaban J connectivity index is 4.17. The molecule has 0 spiro atoms. The van der Waals surface area contributed by atoms with Gasteiger partial charge in [-0.1, -0.05) is 0 Å². The van der Waals surface area contributed by atoms with Gasteiger partial charge in [0.1, 0.15) is 0 Å². The maximum absolute atomic E-state index is 10.5. The number of carbonyl (C=O) groups is 1. The summed E-state index contributed by atoms with van der Waals surface area (Å²) in [6.07, 6.45) is 3.00. The summed E-state index contributed by atoms with van der Waals surface area (Å²) >= 11 is 0. The zero-order valence-electron chi connectivity index (χ0n) is 7.38. The molecule has 11 heavy (non-hydrogen) atoms. The van der Waals surface area contributed by atoms with Gasteiger partial charge >= 0.3 is 0 Å². The number of hydrogen-bond acceptors (Lipinski definition) is 3. The lowest BCUT2D eigenvalue weighted by Gasteiger charge is -2.21. The predicted molar refractivity (Wildman–Crippen MR) is 42.2 cm³/mol. The second-order valence-corrected chi connectivity index (χ2v) is 2.37. The van der Waals surface area contributed by atoms with Crippen LogP contribution in [0, 0.1) is 0 Å². The van der Waals surface area contributed by atoms with Crippen molar-refractivity contribution in [1.82, 2.24) is 0 Å². The molecule has 0 unspecified atom stereocenters. The van der Waals surface area contributed by atoms with E-state index in [0.29, 0.717) is 0 Å². The number of methoxy groups -OCH3 is 2. The van der Waals surface area contributed by atoms with Crippen molar-refractivity contribution in [3.8, 4) is 0 Å². The molecule has 0 aromatic rings. The number of hydrogen-bond donors (Lipinski definition) is 0. The number of rotatable bonds is 4. The first-order valence-corrected chi connectivity index (χ1v) is 3.34. The largest absolute Gasteiger partial charge is 0.350 e. The van der Waals surface area contributed by atoms with Gasteiger partial charge in [0.25, 0.3) is 0 Å². The molecule has 0 fully saturated rings. The minimum atomic E-state index is -0.786. The second-order valence-electron chi connectivity index (χ2n) is 2.37. The normalized spacial score (nSPS) is 12.4. The standard InChI is InChI=1S/C8H14O3/c1-7(9)5-6-8(2,10-3)11-4/h5-6H,1-4H3. The van der Waals surface area contributed by atoms with Crippen LogP contribution in [-0.4, -0.2) is 25.8 Å². The lowest BCUT2D eigenvalue weighted by molar-refractivity contribution is -0.156. The van der Waals surface area contributed by atoms with Crippen LogP contribution in [0.15, 0.2) is 12.2 Å². The van der Waals surface area contributed by atoms with E-state index in [-0.39, 0.29) is 5.78 Å². The van der Waals surface area contributed by atoms with Crippen molar-refractivity contribution in [3.63, 3.8) is 0 Å². The number of allylic oxidation sites excluding steroid dienone is 1. The highest BCUT2D eigenvalue weighted by atomic mass is 16.7. The van der Waals surface area contributed by atoms with Crippen LogP contribution in [0.4, 0.5) is 0 Å². The molecular weight excluding hydrogens is 144 g/mol. The van der Waals surface area contributed by atoms with Crippen LogP contribution in [0.1, 0.15) is 13.8 Å². The van der Waals surface area contributed by atoms with Crippen molar-refractivity contribution in [2.24, 2.45) is 0 Å². The second kappa shape index (κ2) is 4.26. The average molecular weight is 158 g/mol. The van der Waals surface area contributed by atoms with Gasteiger partial charge in [-0.3, -0.25) is 4.79 Å². The molecule has 0 saturated carbocycles. The number of ketones is 1. The Kier molecular flexibility index (Phi) is 4.00. The monoisotopic (exact) mass is 158 g/mol. The molecule has 0 amide bonds. The average Bonchev–Trinajstić information content (AvgIpc) is 2.00. The lowest BCUT2D eigenvalue weighted by Crippen LogP contribution is -2.26. The van der Waals surface area contributed by atoms with E-state index in [4.69, 9.17) is 9.47 Å². The maximum atomic E-state index is 10.5. The van der Waals surface area contributed by atoms with Crippen molar-refractivity contribution in [2.45, 2.75) is 19.6 Å². The van der Waals surface area contributed by atoms with Crippen LogP contribution in [0.3, 0.4) is 0 Å². The summed E-state index contributed by atoms with van der Waals surface area (Å²) in [6.45, 7) is 3.20. The molecule has 0 bridgehead atoms. The molecule has 0 aliphatic carbocycles. The fourth-order valence-corrected chi connectivity index (χ4v) is 0.488. The Labute approximate surface area is 67.0 Å². The molecule has 3 heteroatoms. The Morgan fingerprint density at radius 2 is 1.82 bits per heavy atom. The van der Waals surface area contributed by atoms with E-state index in [1.54, 1.807) is 13.0 Å². The van der Waals surface area contributed by atoms with Crippen molar-refractivity contribution >= 4 is 5.78 Å². The minimum Gasteiger partial charge on any atom is -0.350 e. The van der Waals surface area contributed by atoms with Crippen LogP contribution in [-0.2, 0) is 14.3 Å². The van der Waals surface area contributed by atoms with Crippen molar-refractivity contribution < 1.29 is 14.3 Å². The number of ether oxygens (including phenoxy) is 2. The van der Waals surface area contributed by atoms with E-state index < -0.39 is 5.79 Å². The quantitative estimate of drug-likeness (QED) is 0.454. The molecule has 0 aromatic heterocycles. The predicted octanol–water partition coefficient (Wildman–Crippen LogP) is 1.14. The Morgan fingerprint density at radius 3 is 2.09 bits per heavy atom. The van der Waals surface area contributed by atoms with Crippen molar-refractivity contribution in [1.29, 1.82) is 0 Å². The maximum Gasteiger partial charge on any atom is 0.184 e. The highest BCUT2D eigenvalue weighted by Crippen LogP contribution is 2.10. The highest BCUT2D eigenvalue weighted by molar-refractivity contribution is 5.87. The zero-order valence-corrected chi connectivity index (χ0v) is 7.38. The molecular formula is C8H14O3. The summed E-state index contributed by atoms with van der Waals surface area (Å²) in [5, 5.41) is 0. The van der Waals surface area contributed by atoms with Crippen LogP contribution >= 0.6 is 0 Å². The third-order valence-corrected chi connectivity index (χ3v) is 1.43. The Hall–Kier alpha value is -0.670. The smallest absolute Gasteiger partial charge is 0.184 e. The lowest BCUT2D eigenvalue weighted by atomic mass is 10.2. The molecule has 0 radical (unpaired) electrons. The summed E-state index contributed by atoms with van der Waals surface area (Å²) in [7, 11) is 3.04. The van der Waals surface area contributed by atoms with Gasteiger partial charge in [-0.2, -0.15) is 0 Å². The Morgan fingerprint density at radius 1 is 1.36 bits per heavy atom. The van der Waals surface area contributed by atoms with E-state index in [1.165, 1.54) is 27.2 Å². The van der Waals surface area contributed by atoms with Gasteiger partial charge in [0, 0.05) is 14.2 Å². The van der Waals surface area contributed by atoms with Gasteiger partial charge < -0.3 is 9.47 Å². The van der Waals surface area contributed by atoms with Gasteiger partial charge in [0.05, 0.1) is 0 Å². The van der Waals surface area contributed by atoms with Gasteiger partial charge in [0.2, 0.25) is 0 Å². The highest BCUT2D eigenvalue weighted by Gasteiger charge is 2.17. The molecule has 0 N–H and O–H groups in total. The third kappa shape index (κ3) is 3.91. The van der Waals surface area contributed by atoms with Gasteiger partial charge in [-0.15, -0.1) is 0 Å². The summed E-state index contributed by atoms with van der Waals surface area (Å²) in [6, 6.07) is 0. The molecule has 0 heterocycles. The molecule has 0 aliphatic heterocycles. The summed E-state index contributed by atoms with van der Waals surface area (Å²) in [5.41, 5.74) is 0. The van der Waals surface area contributed by atoms with E-state index >= 15 is 0 Å². The van der Waals surface area contributed by atoms with E-state index in [2.05, 4.69) is 0 Å². The third-order valence-electron chi connectivity index (χ3n) is 1.43. The van der Waals surface area contributed by atoms with Gasteiger partial charge in [-0.05, 0) is 26.0 Å². The minimum absolute atomic E-state index is 0.0228. The van der Waals surface area contributed by atoms with Crippen molar-refractivity contribution in [3.05, 3.63) is 12.2 Å². The summed E-state index contributed by atoms with van der Waals surface area (Å²) in [5.74, 6) is -0.809. The first kappa shape index (κ1) is 10.3. The van der Waals surface area contributed by atoms with Crippen LogP contribution in [0.2, 0.25) is 0 Å². The fraction of sp³-hybridized carbons (Fsp3) is 0.625. The van der Waals surface area contributed by atoms with E-state index in [9.17, 15) is 4.79 Å². The summed E-state index contributed by atoms with van der Waals surface area (Å²) < 4.78 is 9.95. The van der Waals surface area contributed by atoms with Crippen LogP contribution < -0.4 is 0 Å². The van der Waals surface area contributed by atoms with Gasteiger partial charge in [0.15, 0.2) is 11.6 Å². The zero-order chi connectivity index (χ0) is 8.91. The molecule has 0 aliphatic rings. The van der Waals surface area contributed by atoms with E-state index in [1.807, 2.05) is 0 Å². The van der Waals surface area contributed by atoms with Crippen LogP contribution in [0.25, 0.3) is 0 Å². The van der Waals surface area contributed by atoms with Crippen LogP contribution in [0.5, 0.6) is 0 Å². The van der Waals surface area contributed by atoms with E-state index in [0.717, 1.165) is 0 Å². The SMILES string of the molecule is COC(C)(C=CC(C)=O)OC. The molecule has 0 saturated heterocycles. The molecule has 0 atom stereocenters. The molecule has 3 nitrogen and oxygen atoms in total. The Bertz CT molecular complexity index is 157. The first-order chi connectivity index (χ1) is 5.04. The number of carbonyl (C=O) groups excluding carboxylic acids is 1.